The first kappa shape index (κ1) is 33.0. The van der Waals surface area contributed by atoms with Gasteiger partial charge < -0.3 is 13.9 Å². The van der Waals surface area contributed by atoms with Crippen LogP contribution in [0.4, 0.5) is 0 Å². The Morgan fingerprint density at radius 1 is 0.682 bits per heavy atom. The van der Waals surface area contributed by atoms with E-state index in [0.717, 1.165) is 22.3 Å². The quantitative estimate of drug-likeness (QED) is 0.107. The first-order valence-electron chi connectivity index (χ1n) is 27.3. The number of benzene rings is 7. The maximum atomic E-state index is 9.20. The molecule has 0 unspecified atom stereocenters. The molecule has 3 heterocycles. The minimum Gasteiger partial charge on any atom is -0.510 e. The van der Waals surface area contributed by atoms with Crippen LogP contribution in [0, 0.1) is 24.4 Å². The molecule has 6 heteroatoms. The minimum atomic E-state index is -1.74. The standard InChI is InChI=1S/C60H54N4O.Pt/c1-40(2)32-41-30-31-61-57(33-41)64-53-25-13-12-22-51(53)52-29-28-48(38-56(52)64)65-47-21-16-20-46(37-47)62-39-63(55-27-15-14-26-54(55)62)58-49(42-18-10-9-11-19-42)23-17-24-50(58)43-34-44(59(3,4)5)36-45(35-43)60(6,7)8;/h9-31,33-36,40H,32H2,1-8H3;/q-2;/i9D,10D,11D,12D,13D,18D,19D,22D,25D,32D2;. The molecule has 0 N–H and O–H groups in total. The number of fused-ring (bicyclic) bond motifs is 4. The Bertz CT molecular complexity index is 3960. The summed E-state index contributed by atoms with van der Waals surface area (Å²) in [6.07, 6.45) is 3.35. The van der Waals surface area contributed by atoms with Crippen molar-refractivity contribution in [2.45, 2.75) is 72.6 Å². The molecule has 0 saturated heterocycles. The molecule has 0 aliphatic carbocycles. The Morgan fingerprint density at radius 2 is 1.36 bits per heavy atom. The fourth-order valence-electron chi connectivity index (χ4n) is 8.28. The van der Waals surface area contributed by atoms with Gasteiger partial charge in [0.2, 0.25) is 0 Å². The number of aromatic nitrogens is 4. The van der Waals surface area contributed by atoms with Crippen LogP contribution in [-0.4, -0.2) is 14.1 Å². The molecule has 66 heavy (non-hydrogen) atoms. The molecule has 10 rings (SSSR count). The molecule has 0 radical (unpaired) electrons. The summed E-state index contributed by atoms with van der Waals surface area (Å²) in [6, 6.07) is 35.2. The van der Waals surface area contributed by atoms with E-state index in [2.05, 4.69) is 83.2 Å². The van der Waals surface area contributed by atoms with Crippen molar-refractivity contribution < 1.29 is 45.4 Å². The molecule has 0 saturated carbocycles. The van der Waals surface area contributed by atoms with E-state index in [1.807, 2.05) is 57.7 Å². The zero-order valence-electron chi connectivity index (χ0n) is 49.0. The van der Waals surface area contributed by atoms with E-state index in [4.69, 9.17) is 17.1 Å². The van der Waals surface area contributed by atoms with Gasteiger partial charge in [-0.3, -0.25) is 4.57 Å². The van der Waals surface area contributed by atoms with Crippen molar-refractivity contribution in [3.8, 4) is 50.9 Å². The second kappa shape index (κ2) is 17.7. The number of ether oxygens (including phenoxy) is 1. The van der Waals surface area contributed by atoms with Crippen LogP contribution in [0.25, 0.3) is 72.3 Å². The first-order valence-corrected chi connectivity index (χ1v) is 21.8. The van der Waals surface area contributed by atoms with Crippen molar-refractivity contribution in [2.75, 3.05) is 0 Å². The van der Waals surface area contributed by atoms with E-state index in [1.54, 1.807) is 54.8 Å². The molecule has 0 aliphatic rings. The predicted molar refractivity (Wildman–Crippen MR) is 267 cm³/mol. The summed E-state index contributed by atoms with van der Waals surface area (Å²) >= 11 is 0. The minimum absolute atomic E-state index is 0. The predicted octanol–water partition coefficient (Wildman–Crippen LogP) is 14.7. The van der Waals surface area contributed by atoms with Crippen molar-refractivity contribution in [3.05, 3.63) is 199 Å². The largest absolute Gasteiger partial charge is 0.510 e. The number of pyridine rings is 1. The number of hydrogen-bond acceptors (Lipinski definition) is 2. The van der Waals surface area contributed by atoms with Crippen LogP contribution in [-0.2, 0) is 38.3 Å². The van der Waals surface area contributed by atoms with Crippen LogP contribution >= 0.6 is 0 Å². The normalized spacial score (nSPS) is 14.6. The van der Waals surface area contributed by atoms with Crippen LogP contribution in [0.2, 0.25) is 0 Å². The number of para-hydroxylation sites is 4. The molecular weight excluding hydrogens is 988 g/mol. The fraction of sp³-hybridized carbons (Fsp3) is 0.200. The van der Waals surface area contributed by atoms with Gasteiger partial charge in [-0.2, -0.15) is 18.2 Å². The Morgan fingerprint density at radius 3 is 2.11 bits per heavy atom. The van der Waals surface area contributed by atoms with Crippen LogP contribution in [0.15, 0.2) is 164 Å². The van der Waals surface area contributed by atoms with Gasteiger partial charge in [0.05, 0.1) is 29.1 Å². The van der Waals surface area contributed by atoms with E-state index < -0.39 is 36.6 Å². The molecule has 0 aliphatic heterocycles. The van der Waals surface area contributed by atoms with Crippen molar-refractivity contribution >= 4 is 32.8 Å². The SMILES string of the molecule is [2H]c1c([2H])c([2H])c(-c2cccc(-c3cc(C(C)(C)C)cc(C(C)(C)C)c3)c2-[n+]2[c-]n(-c3[c-]c(Oc4[c-]c5c(cc4)c4c([2H])c([2H])c([2H])c([2H])c4n5-c4cc(C([2H])([2H])C(C)C)ccn4)ccc3)c3ccccc32)c([2H])c1[2H].[Pt]. The van der Waals surface area contributed by atoms with Gasteiger partial charge in [-0.25, -0.2) is 4.98 Å². The van der Waals surface area contributed by atoms with Crippen LogP contribution in [0.1, 0.15) is 87.2 Å². The van der Waals surface area contributed by atoms with Gasteiger partial charge in [-0.05, 0) is 91.3 Å². The van der Waals surface area contributed by atoms with E-state index in [9.17, 15) is 2.74 Å². The van der Waals surface area contributed by atoms with Gasteiger partial charge in [-0.1, -0.05) is 170 Å². The number of imidazole rings is 1. The summed E-state index contributed by atoms with van der Waals surface area (Å²) in [5.41, 5.74) is 7.20. The maximum absolute atomic E-state index is 9.20. The molecule has 7 aromatic carbocycles. The summed E-state index contributed by atoms with van der Waals surface area (Å²) in [7, 11) is 0. The fourth-order valence-corrected chi connectivity index (χ4v) is 8.28. The third-order valence-electron chi connectivity index (χ3n) is 11.5. The second-order valence-corrected chi connectivity index (χ2v) is 18.6. The Kier molecular flexibility index (Phi) is 8.84. The zero-order chi connectivity index (χ0) is 54.7. The number of rotatable bonds is 9. The van der Waals surface area contributed by atoms with Gasteiger partial charge >= 0.3 is 0 Å². The summed E-state index contributed by atoms with van der Waals surface area (Å²) in [5.74, 6) is 0.379. The monoisotopic (exact) mass is 1050 g/mol. The van der Waals surface area contributed by atoms with Crippen molar-refractivity contribution in [3.63, 3.8) is 0 Å². The molecule has 0 bridgehead atoms. The first-order chi connectivity index (χ1) is 35.8. The summed E-state index contributed by atoms with van der Waals surface area (Å²) in [6.45, 7) is 16.6. The third-order valence-corrected chi connectivity index (χ3v) is 11.5. The van der Waals surface area contributed by atoms with Gasteiger partial charge in [-0.15, -0.1) is 29.7 Å². The van der Waals surface area contributed by atoms with E-state index in [-0.39, 0.29) is 95.8 Å². The molecule has 0 atom stereocenters. The molecule has 5 nitrogen and oxygen atoms in total. The molecule has 0 spiro atoms. The summed E-state index contributed by atoms with van der Waals surface area (Å²) in [5, 5.41) is 0.722. The molecule has 3 aromatic heterocycles. The number of nitrogens with zero attached hydrogens (tertiary/aromatic N) is 4. The third kappa shape index (κ3) is 8.54. The van der Waals surface area contributed by atoms with Crippen LogP contribution < -0.4 is 9.30 Å². The molecule has 0 amide bonds. The van der Waals surface area contributed by atoms with Gasteiger partial charge in [0.1, 0.15) is 5.82 Å². The molecule has 332 valence electrons. The van der Waals surface area contributed by atoms with E-state index in [1.165, 1.54) is 6.20 Å². The summed E-state index contributed by atoms with van der Waals surface area (Å²) < 4.78 is 109. The van der Waals surface area contributed by atoms with E-state index in [0.29, 0.717) is 44.4 Å². The smallest absolute Gasteiger partial charge is 0.268 e. The molecular formula is C60H54N4OPt-2. The van der Waals surface area contributed by atoms with Crippen molar-refractivity contribution in [1.82, 2.24) is 14.1 Å². The Balaban J connectivity index is 0.00000722. The zero-order valence-corrected chi connectivity index (χ0v) is 40.3. The van der Waals surface area contributed by atoms with Crippen LogP contribution in [0.3, 0.4) is 0 Å². The van der Waals surface area contributed by atoms with Crippen molar-refractivity contribution in [2.24, 2.45) is 5.92 Å². The maximum Gasteiger partial charge on any atom is 0.268 e. The van der Waals surface area contributed by atoms with Gasteiger partial charge in [0.15, 0.2) is 0 Å². The topological polar surface area (TPSA) is 35.9 Å². The van der Waals surface area contributed by atoms with Gasteiger partial charge in [0.25, 0.3) is 6.33 Å². The van der Waals surface area contributed by atoms with E-state index >= 15 is 0 Å². The van der Waals surface area contributed by atoms with Gasteiger partial charge in [0, 0.05) is 47.0 Å². The molecule has 10 aromatic rings. The number of hydrogen-bond donors (Lipinski definition) is 0. The Labute approximate surface area is 419 Å². The second-order valence-electron chi connectivity index (χ2n) is 18.6. The average molecular weight is 1050 g/mol. The van der Waals surface area contributed by atoms with Crippen LogP contribution in [0.5, 0.6) is 11.5 Å². The van der Waals surface area contributed by atoms with Crippen molar-refractivity contribution in [1.29, 1.82) is 0 Å². The average Bonchev–Trinajstić information content (AvgIpc) is 4.21. The molecule has 0 fully saturated rings. The Hall–Kier alpha value is -6.55. The summed E-state index contributed by atoms with van der Waals surface area (Å²) in [4.78, 5) is 4.60.